The first kappa shape index (κ1) is 20.7. The van der Waals surface area contributed by atoms with Crippen molar-refractivity contribution in [3.05, 3.63) is 76.4 Å². The summed E-state index contributed by atoms with van der Waals surface area (Å²) in [6.07, 6.45) is 0. The van der Waals surface area contributed by atoms with E-state index in [1.165, 1.54) is 17.8 Å². The molecule has 0 aliphatic rings. The lowest BCUT2D eigenvalue weighted by Crippen LogP contribution is -2.08. The number of benzene rings is 2. The smallest absolute Gasteiger partial charge is 0.252 e. The van der Waals surface area contributed by atoms with Gasteiger partial charge in [0.2, 0.25) is 5.89 Å². The van der Waals surface area contributed by atoms with Crippen molar-refractivity contribution in [2.24, 2.45) is 0 Å². The third-order valence-corrected chi connectivity index (χ3v) is 5.55. The molecule has 4 aromatic rings. The van der Waals surface area contributed by atoms with Gasteiger partial charge in [-0.2, -0.15) is 0 Å². The quantitative estimate of drug-likeness (QED) is 0.332. The first-order chi connectivity index (χ1) is 15.1. The first-order valence-electron chi connectivity index (χ1n) is 9.55. The molecule has 0 bridgehead atoms. The molecule has 4 rings (SSSR count). The van der Waals surface area contributed by atoms with Crippen molar-refractivity contribution < 1.29 is 13.9 Å². The van der Waals surface area contributed by atoms with Crippen LogP contribution < -0.4 is 15.0 Å². The number of hydrogen-bond donors (Lipinski definition) is 1. The van der Waals surface area contributed by atoms with Crippen LogP contribution in [0.4, 0.5) is 0 Å². The van der Waals surface area contributed by atoms with Crippen LogP contribution in [0.25, 0.3) is 22.7 Å². The fourth-order valence-corrected chi connectivity index (χ4v) is 3.95. The highest BCUT2D eigenvalue weighted by molar-refractivity contribution is 7.98. The maximum atomic E-state index is 12.2. The Morgan fingerprint density at radius 2 is 1.87 bits per heavy atom. The minimum atomic E-state index is -0.220. The Bertz CT molecular complexity index is 1270. The summed E-state index contributed by atoms with van der Waals surface area (Å²) in [5.41, 5.74) is 2.73. The van der Waals surface area contributed by atoms with Gasteiger partial charge >= 0.3 is 0 Å². The summed E-state index contributed by atoms with van der Waals surface area (Å²) in [5, 5.41) is 0.506. The van der Waals surface area contributed by atoms with Crippen LogP contribution in [0.2, 0.25) is 0 Å². The molecule has 2 heterocycles. The number of ether oxygens (including phenoxy) is 2. The van der Waals surface area contributed by atoms with E-state index in [0.29, 0.717) is 39.8 Å². The van der Waals surface area contributed by atoms with Crippen LogP contribution in [0.5, 0.6) is 11.5 Å². The zero-order chi connectivity index (χ0) is 21.8. The number of nitrogens with one attached hydrogen (secondary N) is 1. The number of H-pyrrole nitrogens is 1. The van der Waals surface area contributed by atoms with Gasteiger partial charge in [0, 0.05) is 17.4 Å². The number of nitrogens with zero attached hydrogens (tertiary/aromatic N) is 2. The molecule has 0 aliphatic carbocycles. The van der Waals surface area contributed by atoms with Crippen LogP contribution in [0, 0.1) is 6.92 Å². The van der Waals surface area contributed by atoms with Gasteiger partial charge in [-0.25, -0.2) is 9.97 Å². The molecule has 31 heavy (non-hydrogen) atoms. The van der Waals surface area contributed by atoms with Crippen LogP contribution in [0.1, 0.15) is 11.5 Å². The van der Waals surface area contributed by atoms with Gasteiger partial charge in [-0.05, 0) is 31.2 Å². The molecule has 0 unspecified atom stereocenters. The Hall–Kier alpha value is -3.52. The SMILES string of the molecule is COc1cccc(-c2cc(=O)[nH]c(SCc3nc(-c4ccccc4OC)oc3C)n2)c1. The molecular weight excluding hydrogens is 414 g/mol. The lowest BCUT2D eigenvalue weighted by molar-refractivity contribution is 0.414. The first-order valence-corrected chi connectivity index (χ1v) is 10.5. The number of aromatic nitrogens is 3. The third kappa shape index (κ3) is 4.64. The molecule has 1 N–H and O–H groups in total. The molecule has 158 valence electrons. The van der Waals surface area contributed by atoms with Gasteiger partial charge in [0.15, 0.2) is 5.16 Å². The molecule has 0 radical (unpaired) electrons. The monoisotopic (exact) mass is 435 g/mol. The molecule has 0 saturated heterocycles. The van der Waals surface area contributed by atoms with Crippen molar-refractivity contribution in [1.82, 2.24) is 15.0 Å². The topological polar surface area (TPSA) is 90.2 Å². The highest BCUT2D eigenvalue weighted by Crippen LogP contribution is 2.32. The van der Waals surface area contributed by atoms with Crippen LogP contribution >= 0.6 is 11.8 Å². The maximum absolute atomic E-state index is 12.2. The van der Waals surface area contributed by atoms with Crippen LogP contribution in [-0.4, -0.2) is 29.2 Å². The number of rotatable bonds is 7. The van der Waals surface area contributed by atoms with Gasteiger partial charge in [-0.3, -0.25) is 4.79 Å². The summed E-state index contributed by atoms with van der Waals surface area (Å²) < 4.78 is 16.5. The lowest BCUT2D eigenvalue weighted by Gasteiger charge is -2.06. The summed E-state index contributed by atoms with van der Waals surface area (Å²) >= 11 is 1.39. The van der Waals surface area contributed by atoms with Crippen molar-refractivity contribution >= 4 is 11.8 Å². The van der Waals surface area contributed by atoms with Gasteiger partial charge in [-0.1, -0.05) is 36.0 Å². The van der Waals surface area contributed by atoms with Crippen molar-refractivity contribution in [2.75, 3.05) is 14.2 Å². The van der Waals surface area contributed by atoms with Gasteiger partial charge in [0.05, 0.1) is 31.2 Å². The zero-order valence-corrected chi connectivity index (χ0v) is 18.2. The number of aromatic amines is 1. The molecule has 0 spiro atoms. The van der Waals surface area contributed by atoms with Crippen LogP contribution in [0.15, 0.2) is 69.0 Å². The normalized spacial score (nSPS) is 10.8. The highest BCUT2D eigenvalue weighted by atomic mass is 32.2. The average Bonchev–Trinajstić information content (AvgIpc) is 3.17. The molecule has 0 fully saturated rings. The van der Waals surface area contributed by atoms with Gasteiger partial charge in [0.25, 0.3) is 5.56 Å². The van der Waals surface area contributed by atoms with Crippen molar-refractivity contribution in [3.8, 4) is 34.2 Å². The largest absolute Gasteiger partial charge is 0.497 e. The minimum Gasteiger partial charge on any atom is -0.497 e. The highest BCUT2D eigenvalue weighted by Gasteiger charge is 2.16. The predicted molar refractivity (Wildman–Crippen MR) is 120 cm³/mol. The summed E-state index contributed by atoms with van der Waals surface area (Å²) in [6.45, 7) is 1.87. The molecule has 2 aromatic carbocycles. The molecular formula is C23H21N3O4S. The molecule has 7 nitrogen and oxygen atoms in total. The summed E-state index contributed by atoms with van der Waals surface area (Å²) in [7, 11) is 3.22. The van der Waals surface area contributed by atoms with Crippen molar-refractivity contribution in [2.45, 2.75) is 17.8 Å². The van der Waals surface area contributed by atoms with Crippen LogP contribution in [-0.2, 0) is 5.75 Å². The number of thioether (sulfide) groups is 1. The Kier molecular flexibility index (Phi) is 6.08. The molecule has 0 atom stereocenters. The number of oxazole rings is 1. The minimum absolute atomic E-state index is 0.220. The van der Waals surface area contributed by atoms with Crippen LogP contribution in [0.3, 0.4) is 0 Å². The summed E-state index contributed by atoms with van der Waals surface area (Å²) in [4.78, 5) is 24.2. The summed E-state index contributed by atoms with van der Waals surface area (Å²) in [5.74, 6) is 3.10. The van der Waals surface area contributed by atoms with Gasteiger partial charge in [-0.15, -0.1) is 0 Å². The Balaban J connectivity index is 1.57. The standard InChI is InChI=1S/C23H21N3O4S/c1-14-19(24-22(30-14)17-9-4-5-10-20(17)29-3)13-31-23-25-18(12-21(27)26-23)15-7-6-8-16(11-15)28-2/h4-12H,13H2,1-3H3,(H,25,26,27). The van der Waals surface area contributed by atoms with E-state index in [-0.39, 0.29) is 5.56 Å². The van der Waals surface area contributed by atoms with Gasteiger partial charge < -0.3 is 18.9 Å². The average molecular weight is 436 g/mol. The Morgan fingerprint density at radius 3 is 2.68 bits per heavy atom. The molecule has 2 aromatic heterocycles. The van der Waals surface area contributed by atoms with E-state index >= 15 is 0 Å². The second kappa shape index (κ2) is 9.09. The second-order valence-corrected chi connectivity index (χ2v) is 7.64. The van der Waals surface area contributed by atoms with Gasteiger partial charge in [0.1, 0.15) is 17.3 Å². The van der Waals surface area contributed by atoms with Crippen molar-refractivity contribution in [1.29, 1.82) is 0 Å². The maximum Gasteiger partial charge on any atom is 0.252 e. The molecule has 8 heteroatoms. The number of aryl methyl sites for hydroxylation is 1. The predicted octanol–water partition coefficient (Wildman–Crippen LogP) is 4.71. The number of hydrogen-bond acceptors (Lipinski definition) is 7. The second-order valence-electron chi connectivity index (χ2n) is 6.68. The van der Waals surface area contributed by atoms with E-state index in [1.54, 1.807) is 14.2 Å². The van der Waals surface area contributed by atoms with E-state index in [4.69, 9.17) is 13.9 Å². The molecule has 0 aliphatic heterocycles. The zero-order valence-electron chi connectivity index (χ0n) is 17.3. The Labute approximate surface area is 183 Å². The fraction of sp³-hybridized carbons (Fsp3) is 0.174. The Morgan fingerprint density at radius 1 is 1.03 bits per heavy atom. The van der Waals surface area contributed by atoms with E-state index in [2.05, 4.69) is 15.0 Å². The number of para-hydroxylation sites is 1. The summed E-state index contributed by atoms with van der Waals surface area (Å²) in [6, 6.07) is 16.5. The fourth-order valence-electron chi connectivity index (χ4n) is 3.07. The number of methoxy groups -OCH3 is 2. The van der Waals surface area contributed by atoms with E-state index < -0.39 is 0 Å². The van der Waals surface area contributed by atoms with E-state index in [9.17, 15) is 4.79 Å². The molecule has 0 amide bonds. The third-order valence-electron chi connectivity index (χ3n) is 4.66. The van der Waals surface area contributed by atoms with E-state index in [0.717, 1.165) is 16.8 Å². The van der Waals surface area contributed by atoms with Crippen molar-refractivity contribution in [3.63, 3.8) is 0 Å². The van der Waals surface area contributed by atoms with E-state index in [1.807, 2.05) is 55.5 Å². The lowest BCUT2D eigenvalue weighted by atomic mass is 10.1. The molecule has 0 saturated carbocycles.